The molecule has 0 unspecified atom stereocenters. The summed E-state index contributed by atoms with van der Waals surface area (Å²) in [6.45, 7) is 0.434. The molecule has 0 bridgehead atoms. The molecule has 2 aliphatic rings. The summed E-state index contributed by atoms with van der Waals surface area (Å²) >= 11 is 0. The Kier molecular flexibility index (Phi) is 4.99. The van der Waals surface area contributed by atoms with Crippen LogP contribution in [0.25, 0.3) is 11.3 Å². The predicted molar refractivity (Wildman–Crippen MR) is 99.1 cm³/mol. The molecular weight excluding hydrogens is 365 g/mol. The Morgan fingerprint density at radius 3 is 2.64 bits per heavy atom. The topological polar surface area (TPSA) is 105 Å². The number of anilines is 1. The normalized spacial score (nSPS) is 23.6. The maximum Gasteiger partial charge on any atom is 0.306 e. The Hall–Kier alpha value is -2.58. The van der Waals surface area contributed by atoms with E-state index in [9.17, 15) is 14.3 Å². The monoisotopic (exact) mass is 387 g/mol. The molecule has 148 valence electrons. The van der Waals surface area contributed by atoms with Crippen LogP contribution in [0.15, 0.2) is 30.5 Å². The maximum absolute atomic E-state index is 14.4. The lowest BCUT2D eigenvalue weighted by Crippen LogP contribution is -2.46. The number of hydrogen-bond acceptors (Lipinski definition) is 6. The number of aliphatic carboxylic acids is 1. The highest BCUT2D eigenvalue weighted by atomic mass is 19.1. The number of benzene rings is 1. The largest absolute Gasteiger partial charge is 0.481 e. The predicted octanol–water partition coefficient (Wildman–Crippen LogP) is 2.56. The van der Waals surface area contributed by atoms with Gasteiger partial charge in [0.2, 0.25) is 5.95 Å². The van der Waals surface area contributed by atoms with Crippen LogP contribution < -0.4 is 5.32 Å². The first-order chi connectivity index (χ1) is 13.4. The summed E-state index contributed by atoms with van der Waals surface area (Å²) < 4.78 is 19.5. The molecule has 0 spiro atoms. The van der Waals surface area contributed by atoms with Crippen LogP contribution in [0.4, 0.5) is 10.3 Å². The number of ether oxygens (including phenoxy) is 1. The van der Waals surface area contributed by atoms with Crippen molar-refractivity contribution in [2.75, 3.05) is 18.5 Å². The van der Waals surface area contributed by atoms with Crippen LogP contribution in [0.2, 0.25) is 0 Å². The van der Waals surface area contributed by atoms with Crippen LogP contribution in [0.5, 0.6) is 0 Å². The van der Waals surface area contributed by atoms with E-state index in [4.69, 9.17) is 9.84 Å². The van der Waals surface area contributed by atoms with Gasteiger partial charge in [0.1, 0.15) is 11.3 Å². The molecule has 2 fully saturated rings. The molecule has 1 saturated carbocycles. The van der Waals surface area contributed by atoms with E-state index in [-0.39, 0.29) is 30.9 Å². The Morgan fingerprint density at radius 1 is 1.25 bits per heavy atom. The summed E-state index contributed by atoms with van der Waals surface area (Å²) in [4.78, 5) is 19.4. The van der Waals surface area contributed by atoms with E-state index in [0.717, 1.165) is 6.20 Å². The number of carboxylic acids is 1. The van der Waals surface area contributed by atoms with Crippen molar-refractivity contribution in [1.29, 1.82) is 0 Å². The Bertz CT molecular complexity index is 880. The van der Waals surface area contributed by atoms with E-state index in [1.807, 2.05) is 0 Å². The van der Waals surface area contributed by atoms with Gasteiger partial charge in [-0.3, -0.25) is 4.79 Å². The number of nitrogens with one attached hydrogen (secondary N) is 1. The molecule has 2 heterocycles. The molecule has 0 amide bonds. The van der Waals surface area contributed by atoms with Crippen molar-refractivity contribution < 1.29 is 24.1 Å². The highest BCUT2D eigenvalue weighted by Gasteiger charge is 2.38. The maximum atomic E-state index is 14.4. The third-order valence-corrected chi connectivity index (χ3v) is 5.51. The molecule has 4 rings (SSSR count). The average molecular weight is 387 g/mol. The van der Waals surface area contributed by atoms with Gasteiger partial charge in [-0.15, -0.1) is 0 Å². The first-order valence-corrected chi connectivity index (χ1v) is 9.37. The van der Waals surface area contributed by atoms with E-state index in [2.05, 4.69) is 15.3 Å². The number of halogens is 1. The average Bonchev–Trinajstić information content (AvgIpc) is 2.68. The van der Waals surface area contributed by atoms with Crippen molar-refractivity contribution in [3.05, 3.63) is 41.8 Å². The smallest absolute Gasteiger partial charge is 0.306 e. The van der Waals surface area contributed by atoms with Crippen LogP contribution in [0.3, 0.4) is 0 Å². The summed E-state index contributed by atoms with van der Waals surface area (Å²) in [6.07, 6.45) is 3.74. The van der Waals surface area contributed by atoms with E-state index < -0.39 is 17.4 Å². The number of aromatic nitrogens is 2. The lowest BCUT2D eigenvalue weighted by Gasteiger charge is -2.36. The summed E-state index contributed by atoms with van der Waals surface area (Å²) in [5.41, 5.74) is 0.331. The van der Waals surface area contributed by atoms with Crippen molar-refractivity contribution in [3.63, 3.8) is 0 Å². The summed E-state index contributed by atoms with van der Waals surface area (Å²) in [5.74, 6) is -1.29. The minimum atomic E-state index is -1.04. The number of nitrogens with zero attached hydrogens (tertiary/aromatic N) is 2. The Balaban J connectivity index is 1.52. The van der Waals surface area contributed by atoms with Crippen molar-refractivity contribution in [1.82, 2.24) is 9.97 Å². The fraction of sp³-hybridized carbons (Fsp3) is 0.450. The first-order valence-electron chi connectivity index (χ1n) is 9.37. The molecular formula is C20H22FN3O4. The summed E-state index contributed by atoms with van der Waals surface area (Å²) in [6, 6.07) is 7.05. The highest BCUT2D eigenvalue weighted by Crippen LogP contribution is 2.32. The molecule has 7 nitrogen and oxygen atoms in total. The molecule has 1 aliphatic heterocycles. The lowest BCUT2D eigenvalue weighted by atomic mass is 9.86. The van der Waals surface area contributed by atoms with Gasteiger partial charge in [0, 0.05) is 11.6 Å². The second-order valence-electron chi connectivity index (χ2n) is 7.53. The van der Waals surface area contributed by atoms with Crippen LogP contribution >= 0.6 is 0 Å². The molecule has 2 aromatic rings. The van der Waals surface area contributed by atoms with Crippen molar-refractivity contribution in [2.24, 2.45) is 5.92 Å². The van der Waals surface area contributed by atoms with E-state index in [0.29, 0.717) is 42.8 Å². The van der Waals surface area contributed by atoms with Crippen LogP contribution in [-0.4, -0.2) is 45.4 Å². The molecule has 1 aromatic carbocycles. The van der Waals surface area contributed by atoms with Crippen LogP contribution in [-0.2, 0) is 15.1 Å². The Labute approximate surface area is 161 Å². The second kappa shape index (κ2) is 7.44. The van der Waals surface area contributed by atoms with Gasteiger partial charge in [-0.2, -0.15) is 0 Å². The molecule has 0 radical (unpaired) electrons. The third-order valence-electron chi connectivity index (χ3n) is 5.51. The van der Waals surface area contributed by atoms with E-state index >= 15 is 0 Å². The summed E-state index contributed by atoms with van der Waals surface area (Å²) in [7, 11) is 0. The van der Waals surface area contributed by atoms with Gasteiger partial charge in [0.15, 0.2) is 5.82 Å². The SMILES string of the molecule is O=C(O)[C@H]1CC[C@H](Nc2ncc(F)c(-c3cccc(C4(O)COC4)c3)n2)CC1. The number of rotatable bonds is 5. The molecule has 8 heteroatoms. The van der Waals surface area contributed by atoms with Crippen molar-refractivity contribution in [2.45, 2.75) is 37.3 Å². The number of carbonyl (C=O) groups is 1. The number of carboxylic acid groups (broad SMARTS) is 1. The minimum absolute atomic E-state index is 0.0630. The molecule has 1 saturated heterocycles. The van der Waals surface area contributed by atoms with Crippen molar-refractivity contribution in [3.8, 4) is 11.3 Å². The zero-order valence-electron chi connectivity index (χ0n) is 15.3. The van der Waals surface area contributed by atoms with Gasteiger partial charge in [0.25, 0.3) is 0 Å². The van der Waals surface area contributed by atoms with Gasteiger partial charge in [-0.25, -0.2) is 14.4 Å². The van der Waals surface area contributed by atoms with Gasteiger partial charge >= 0.3 is 5.97 Å². The molecule has 1 aliphatic carbocycles. The number of aliphatic hydroxyl groups is 1. The lowest BCUT2D eigenvalue weighted by molar-refractivity contribution is -0.184. The number of hydrogen-bond donors (Lipinski definition) is 3. The van der Waals surface area contributed by atoms with Gasteiger partial charge in [0.05, 0.1) is 25.3 Å². The van der Waals surface area contributed by atoms with Gasteiger partial charge in [-0.1, -0.05) is 18.2 Å². The van der Waals surface area contributed by atoms with E-state index in [1.54, 1.807) is 24.3 Å². The molecule has 3 N–H and O–H groups in total. The van der Waals surface area contributed by atoms with Gasteiger partial charge in [-0.05, 0) is 37.3 Å². The second-order valence-corrected chi connectivity index (χ2v) is 7.53. The quantitative estimate of drug-likeness (QED) is 0.724. The standard InChI is InChI=1S/C20H22FN3O4/c21-16-9-22-19(23-15-6-4-12(5-7-15)18(25)26)24-17(16)13-2-1-3-14(8-13)20(27)10-28-11-20/h1-3,8-9,12,15,27H,4-7,10-11H2,(H,25,26)(H,22,23,24)/t12-,15-. The molecule has 28 heavy (non-hydrogen) atoms. The fourth-order valence-corrected chi connectivity index (χ4v) is 3.72. The summed E-state index contributed by atoms with van der Waals surface area (Å²) in [5, 5.41) is 22.7. The van der Waals surface area contributed by atoms with Crippen LogP contribution in [0, 0.1) is 11.7 Å². The molecule has 1 aromatic heterocycles. The molecule has 0 atom stereocenters. The fourth-order valence-electron chi connectivity index (χ4n) is 3.72. The van der Waals surface area contributed by atoms with Crippen LogP contribution in [0.1, 0.15) is 31.2 Å². The van der Waals surface area contributed by atoms with Gasteiger partial charge < -0.3 is 20.3 Å². The Morgan fingerprint density at radius 2 is 2.00 bits per heavy atom. The van der Waals surface area contributed by atoms with Crippen molar-refractivity contribution >= 4 is 11.9 Å². The zero-order chi connectivity index (χ0) is 19.7. The van der Waals surface area contributed by atoms with E-state index in [1.165, 1.54) is 0 Å². The minimum Gasteiger partial charge on any atom is -0.481 e. The first kappa shape index (κ1) is 18.8. The highest BCUT2D eigenvalue weighted by molar-refractivity contribution is 5.70. The third kappa shape index (κ3) is 3.70. The zero-order valence-corrected chi connectivity index (χ0v) is 15.3.